The van der Waals surface area contributed by atoms with Gasteiger partial charge in [0.2, 0.25) is 0 Å². The van der Waals surface area contributed by atoms with Crippen molar-refractivity contribution in [3.63, 3.8) is 0 Å². The lowest BCUT2D eigenvalue weighted by molar-refractivity contribution is -0.140. The molecular formula is C11H11ClN2O3S. The van der Waals surface area contributed by atoms with Crippen LogP contribution in [-0.2, 0) is 4.79 Å². The number of aliphatic carboxylic acids is 1. The SMILES string of the molecule is O=C(O)[C@@H]1CSCN1C(=O)Nc1ccc(Cl)cc1. The van der Waals surface area contributed by atoms with E-state index in [2.05, 4.69) is 5.32 Å². The number of hydrogen-bond acceptors (Lipinski definition) is 3. The third kappa shape index (κ3) is 2.88. The number of thioether (sulfide) groups is 1. The highest BCUT2D eigenvalue weighted by Crippen LogP contribution is 2.22. The summed E-state index contributed by atoms with van der Waals surface area (Å²) in [4.78, 5) is 24.2. The highest BCUT2D eigenvalue weighted by molar-refractivity contribution is 7.99. The van der Waals surface area contributed by atoms with Crippen molar-refractivity contribution < 1.29 is 14.7 Å². The molecule has 0 spiro atoms. The fourth-order valence-corrected chi connectivity index (χ4v) is 2.85. The van der Waals surface area contributed by atoms with Crippen molar-refractivity contribution >= 4 is 41.1 Å². The van der Waals surface area contributed by atoms with Crippen LogP contribution < -0.4 is 5.32 Å². The molecule has 1 aliphatic rings. The van der Waals surface area contributed by atoms with Gasteiger partial charge in [-0.3, -0.25) is 0 Å². The Kier molecular flexibility index (Phi) is 3.98. The number of carboxylic acids is 1. The lowest BCUT2D eigenvalue weighted by Crippen LogP contribution is -2.43. The Morgan fingerprint density at radius 3 is 2.67 bits per heavy atom. The lowest BCUT2D eigenvalue weighted by atomic mass is 10.3. The van der Waals surface area contributed by atoms with Crippen molar-refractivity contribution in [2.45, 2.75) is 6.04 Å². The smallest absolute Gasteiger partial charge is 0.327 e. The number of amides is 2. The largest absolute Gasteiger partial charge is 0.480 e. The summed E-state index contributed by atoms with van der Waals surface area (Å²) >= 11 is 7.16. The highest BCUT2D eigenvalue weighted by atomic mass is 35.5. The molecular weight excluding hydrogens is 276 g/mol. The third-order valence-electron chi connectivity index (χ3n) is 2.52. The maximum absolute atomic E-state index is 11.9. The molecule has 96 valence electrons. The van der Waals surface area contributed by atoms with E-state index in [1.54, 1.807) is 24.3 Å². The van der Waals surface area contributed by atoms with Gasteiger partial charge in [0.1, 0.15) is 6.04 Å². The van der Waals surface area contributed by atoms with Crippen LogP contribution >= 0.6 is 23.4 Å². The predicted octanol–water partition coefficient (Wildman–Crippen LogP) is 2.33. The van der Waals surface area contributed by atoms with Crippen molar-refractivity contribution in [3.05, 3.63) is 29.3 Å². The molecule has 0 aromatic heterocycles. The van der Waals surface area contributed by atoms with Crippen molar-refractivity contribution in [3.8, 4) is 0 Å². The molecule has 1 aromatic carbocycles. The standard InChI is InChI=1S/C11H11ClN2O3S/c12-7-1-3-8(4-2-7)13-11(17)14-6-18-5-9(14)10(15)16/h1-4,9H,5-6H2,(H,13,17)(H,15,16)/t9-/m0/s1. The summed E-state index contributed by atoms with van der Waals surface area (Å²) in [5.41, 5.74) is 0.588. The van der Waals surface area contributed by atoms with Crippen molar-refractivity contribution in [1.82, 2.24) is 4.90 Å². The number of nitrogens with one attached hydrogen (secondary N) is 1. The van der Waals surface area contributed by atoms with Gasteiger partial charge in [-0.25, -0.2) is 9.59 Å². The minimum Gasteiger partial charge on any atom is -0.480 e. The number of carbonyl (C=O) groups is 2. The molecule has 5 nitrogen and oxygen atoms in total. The van der Waals surface area contributed by atoms with E-state index in [1.165, 1.54) is 16.7 Å². The van der Waals surface area contributed by atoms with Crippen LogP contribution in [0.15, 0.2) is 24.3 Å². The minimum atomic E-state index is -0.980. The molecule has 1 fully saturated rings. The maximum Gasteiger partial charge on any atom is 0.327 e. The van der Waals surface area contributed by atoms with Gasteiger partial charge in [-0.15, -0.1) is 11.8 Å². The maximum atomic E-state index is 11.9. The molecule has 18 heavy (non-hydrogen) atoms. The molecule has 0 aliphatic carbocycles. The van der Waals surface area contributed by atoms with Gasteiger partial charge >= 0.3 is 12.0 Å². The molecule has 0 bridgehead atoms. The van der Waals surface area contributed by atoms with Crippen molar-refractivity contribution in [2.75, 3.05) is 16.9 Å². The van der Waals surface area contributed by atoms with Crippen molar-refractivity contribution in [2.24, 2.45) is 0 Å². The second-order valence-electron chi connectivity index (χ2n) is 3.76. The summed E-state index contributed by atoms with van der Waals surface area (Å²) in [5.74, 6) is -0.175. The number of benzene rings is 1. The van der Waals surface area contributed by atoms with Gasteiger partial charge in [-0.05, 0) is 24.3 Å². The molecule has 0 saturated carbocycles. The van der Waals surface area contributed by atoms with Gasteiger partial charge in [0.25, 0.3) is 0 Å². The van der Waals surface area contributed by atoms with Crippen molar-refractivity contribution in [1.29, 1.82) is 0 Å². The van der Waals surface area contributed by atoms with Gasteiger partial charge in [0.15, 0.2) is 0 Å². The summed E-state index contributed by atoms with van der Waals surface area (Å²) in [6.45, 7) is 0. The van der Waals surface area contributed by atoms with Crippen LogP contribution in [0.5, 0.6) is 0 Å². The van der Waals surface area contributed by atoms with E-state index in [0.717, 1.165) is 0 Å². The van der Waals surface area contributed by atoms with E-state index in [-0.39, 0.29) is 0 Å². The van der Waals surface area contributed by atoms with E-state index < -0.39 is 18.0 Å². The fourth-order valence-electron chi connectivity index (χ4n) is 1.58. The van der Waals surface area contributed by atoms with Crippen LogP contribution in [0.2, 0.25) is 5.02 Å². The molecule has 1 aliphatic heterocycles. The van der Waals surface area contributed by atoms with Gasteiger partial charge < -0.3 is 15.3 Å². The first-order valence-electron chi connectivity index (χ1n) is 5.21. The Bertz CT molecular complexity index is 466. The molecule has 2 amide bonds. The predicted molar refractivity (Wildman–Crippen MR) is 71.1 cm³/mol. The van der Waals surface area contributed by atoms with Crippen LogP contribution in [0.3, 0.4) is 0 Å². The number of carboxylic acid groups (broad SMARTS) is 1. The highest BCUT2D eigenvalue weighted by Gasteiger charge is 2.34. The molecule has 2 rings (SSSR count). The fraction of sp³-hybridized carbons (Fsp3) is 0.273. The van der Waals surface area contributed by atoms with E-state index in [1.807, 2.05) is 0 Å². The first-order valence-corrected chi connectivity index (χ1v) is 6.75. The quantitative estimate of drug-likeness (QED) is 0.875. The zero-order chi connectivity index (χ0) is 13.1. The molecule has 1 saturated heterocycles. The zero-order valence-electron chi connectivity index (χ0n) is 9.30. The van der Waals surface area contributed by atoms with Crippen LogP contribution in [0, 0.1) is 0 Å². The Labute approximate surface area is 113 Å². The first-order chi connectivity index (χ1) is 8.58. The van der Waals surface area contributed by atoms with E-state index in [4.69, 9.17) is 16.7 Å². The molecule has 1 atom stereocenters. The Balaban J connectivity index is 2.03. The number of urea groups is 1. The van der Waals surface area contributed by atoms with Crippen LogP contribution in [0.1, 0.15) is 0 Å². The zero-order valence-corrected chi connectivity index (χ0v) is 10.9. The molecule has 7 heteroatoms. The molecule has 1 aromatic rings. The van der Waals surface area contributed by atoms with Gasteiger partial charge in [0.05, 0.1) is 5.88 Å². The molecule has 0 unspecified atom stereocenters. The Morgan fingerprint density at radius 2 is 2.06 bits per heavy atom. The Hall–Kier alpha value is -1.40. The second-order valence-corrected chi connectivity index (χ2v) is 5.20. The first kappa shape index (κ1) is 13.0. The second kappa shape index (κ2) is 5.49. The number of hydrogen-bond donors (Lipinski definition) is 2. The lowest BCUT2D eigenvalue weighted by Gasteiger charge is -2.20. The summed E-state index contributed by atoms with van der Waals surface area (Å²) in [5, 5.41) is 12.2. The van der Waals surface area contributed by atoms with E-state index in [9.17, 15) is 9.59 Å². The number of nitrogens with zero attached hydrogens (tertiary/aromatic N) is 1. The van der Waals surface area contributed by atoms with E-state index >= 15 is 0 Å². The minimum absolute atomic E-state index is 0.385. The monoisotopic (exact) mass is 286 g/mol. The molecule has 2 N–H and O–H groups in total. The average molecular weight is 287 g/mol. The summed E-state index contributed by atoms with van der Waals surface area (Å²) < 4.78 is 0. The summed E-state index contributed by atoms with van der Waals surface area (Å²) in [7, 11) is 0. The number of rotatable bonds is 2. The van der Waals surface area contributed by atoms with Crippen LogP contribution in [-0.4, -0.2) is 39.7 Å². The van der Waals surface area contributed by atoms with Crippen LogP contribution in [0.25, 0.3) is 0 Å². The topological polar surface area (TPSA) is 69.6 Å². The normalized spacial score (nSPS) is 18.7. The van der Waals surface area contributed by atoms with Gasteiger partial charge in [0, 0.05) is 16.5 Å². The van der Waals surface area contributed by atoms with Gasteiger partial charge in [-0.2, -0.15) is 0 Å². The number of anilines is 1. The summed E-state index contributed by atoms with van der Waals surface area (Å²) in [6.07, 6.45) is 0. The molecule has 1 heterocycles. The summed E-state index contributed by atoms with van der Waals surface area (Å²) in [6, 6.07) is 5.48. The van der Waals surface area contributed by atoms with Gasteiger partial charge in [-0.1, -0.05) is 11.6 Å². The Morgan fingerprint density at radius 1 is 1.39 bits per heavy atom. The number of halogens is 1. The molecule has 0 radical (unpaired) electrons. The number of carbonyl (C=O) groups excluding carboxylic acids is 1. The van der Waals surface area contributed by atoms with Crippen LogP contribution in [0.4, 0.5) is 10.5 Å². The van der Waals surface area contributed by atoms with E-state index in [0.29, 0.717) is 22.3 Å². The average Bonchev–Trinajstić information content (AvgIpc) is 2.81. The third-order valence-corrected chi connectivity index (χ3v) is 3.79.